The van der Waals surface area contributed by atoms with Crippen molar-refractivity contribution in [2.45, 2.75) is 32.1 Å². The normalized spacial score (nSPS) is 16.6. The van der Waals surface area contributed by atoms with E-state index in [0.29, 0.717) is 23.0 Å². The van der Waals surface area contributed by atoms with E-state index in [9.17, 15) is 14.4 Å². The molecule has 34 heavy (non-hydrogen) atoms. The minimum Gasteiger partial charge on any atom is -0.326 e. The lowest BCUT2D eigenvalue weighted by molar-refractivity contribution is -0.128. The van der Waals surface area contributed by atoms with Crippen LogP contribution in [0.3, 0.4) is 0 Å². The Bertz CT molecular complexity index is 1240. The molecule has 0 aliphatic carbocycles. The number of aliphatic imine (C=N–C) groups is 1. The van der Waals surface area contributed by atoms with Gasteiger partial charge in [0.1, 0.15) is 5.25 Å². The number of benzene rings is 3. The van der Waals surface area contributed by atoms with Crippen LogP contribution in [-0.2, 0) is 16.1 Å². The van der Waals surface area contributed by atoms with Crippen LogP contribution in [0.1, 0.15) is 34.8 Å². The Kier molecular flexibility index (Phi) is 7.23. The first-order valence-electron chi connectivity index (χ1n) is 11.0. The van der Waals surface area contributed by atoms with Crippen LogP contribution in [0.5, 0.6) is 0 Å². The van der Waals surface area contributed by atoms with Crippen LogP contribution in [0.4, 0.5) is 11.4 Å². The predicted octanol–water partition coefficient (Wildman–Crippen LogP) is 5.36. The van der Waals surface area contributed by atoms with Crippen molar-refractivity contribution < 1.29 is 14.4 Å². The zero-order valence-corrected chi connectivity index (χ0v) is 19.8. The van der Waals surface area contributed by atoms with E-state index in [4.69, 9.17) is 4.99 Å². The Morgan fingerprint density at radius 3 is 2.32 bits per heavy atom. The number of nitrogens with one attached hydrogen (secondary N) is 1. The van der Waals surface area contributed by atoms with Gasteiger partial charge in [0.05, 0.1) is 12.2 Å². The number of nitrogens with zero attached hydrogens (tertiary/aromatic N) is 2. The van der Waals surface area contributed by atoms with E-state index < -0.39 is 5.25 Å². The maximum Gasteiger partial charge on any atom is 0.242 e. The van der Waals surface area contributed by atoms with E-state index in [1.165, 1.54) is 18.7 Å². The van der Waals surface area contributed by atoms with Crippen molar-refractivity contribution >= 4 is 45.9 Å². The van der Waals surface area contributed by atoms with Crippen molar-refractivity contribution in [2.75, 3.05) is 5.32 Å². The number of anilines is 1. The number of rotatable bonds is 7. The Labute approximate surface area is 203 Å². The van der Waals surface area contributed by atoms with Gasteiger partial charge < -0.3 is 5.32 Å². The van der Waals surface area contributed by atoms with Gasteiger partial charge in [-0.15, -0.1) is 0 Å². The number of amides is 2. The molecule has 2 amide bonds. The fourth-order valence-electron chi connectivity index (χ4n) is 3.60. The molecule has 7 heteroatoms. The molecule has 0 aromatic heterocycles. The van der Waals surface area contributed by atoms with E-state index in [1.807, 2.05) is 61.5 Å². The molecule has 3 aromatic rings. The second-order valence-corrected chi connectivity index (χ2v) is 9.25. The predicted molar refractivity (Wildman–Crippen MR) is 136 cm³/mol. The fourth-order valence-corrected chi connectivity index (χ4v) is 4.75. The largest absolute Gasteiger partial charge is 0.326 e. The van der Waals surface area contributed by atoms with Crippen molar-refractivity contribution in [3.63, 3.8) is 0 Å². The lowest BCUT2D eigenvalue weighted by Crippen LogP contribution is -2.33. The lowest BCUT2D eigenvalue weighted by atomic mass is 10.1. The molecule has 6 nitrogen and oxygen atoms in total. The topological polar surface area (TPSA) is 78.8 Å². The second kappa shape index (κ2) is 10.5. The molecule has 0 radical (unpaired) electrons. The van der Waals surface area contributed by atoms with Gasteiger partial charge >= 0.3 is 0 Å². The minimum atomic E-state index is -0.567. The van der Waals surface area contributed by atoms with Crippen molar-refractivity contribution in [1.29, 1.82) is 0 Å². The van der Waals surface area contributed by atoms with Gasteiger partial charge in [-0.05, 0) is 55.3 Å². The molecule has 1 heterocycles. The van der Waals surface area contributed by atoms with E-state index in [0.717, 1.165) is 16.8 Å². The number of para-hydroxylation sites is 1. The quantitative estimate of drug-likeness (QED) is 0.471. The summed E-state index contributed by atoms with van der Waals surface area (Å²) in [4.78, 5) is 43.9. The molecule has 0 saturated carbocycles. The van der Waals surface area contributed by atoms with Crippen LogP contribution in [0.2, 0.25) is 0 Å². The van der Waals surface area contributed by atoms with Crippen LogP contribution < -0.4 is 5.32 Å². The van der Waals surface area contributed by atoms with Crippen LogP contribution in [-0.4, -0.2) is 32.9 Å². The highest BCUT2D eigenvalue weighted by molar-refractivity contribution is 8.15. The number of aryl methyl sites for hydroxylation is 1. The summed E-state index contributed by atoms with van der Waals surface area (Å²) in [6, 6.07) is 24.2. The summed E-state index contributed by atoms with van der Waals surface area (Å²) in [7, 11) is 0. The third-order valence-electron chi connectivity index (χ3n) is 5.48. The minimum absolute atomic E-state index is 0.0239. The molecular formula is C27H25N3O3S. The monoisotopic (exact) mass is 471 g/mol. The lowest BCUT2D eigenvalue weighted by Gasteiger charge is -2.17. The average Bonchev–Trinajstić information content (AvgIpc) is 3.10. The molecule has 1 unspecified atom stereocenters. The smallest absolute Gasteiger partial charge is 0.242 e. The molecule has 1 fully saturated rings. The van der Waals surface area contributed by atoms with Crippen LogP contribution in [0.15, 0.2) is 83.9 Å². The Hall–Kier alpha value is -3.71. The summed E-state index contributed by atoms with van der Waals surface area (Å²) in [6.45, 7) is 3.86. The Morgan fingerprint density at radius 2 is 1.65 bits per heavy atom. The summed E-state index contributed by atoms with van der Waals surface area (Å²) >= 11 is 1.32. The van der Waals surface area contributed by atoms with E-state index >= 15 is 0 Å². The molecule has 172 valence electrons. The van der Waals surface area contributed by atoms with Gasteiger partial charge in [0, 0.05) is 17.7 Å². The van der Waals surface area contributed by atoms with E-state index in [1.54, 1.807) is 29.2 Å². The summed E-state index contributed by atoms with van der Waals surface area (Å²) in [5.41, 5.74) is 3.96. The average molecular weight is 472 g/mol. The number of thioether (sulfide) groups is 1. The Balaban J connectivity index is 1.52. The highest BCUT2D eigenvalue weighted by Gasteiger charge is 2.39. The standard InChI is InChI=1S/C27H25N3O3S/c1-18-8-6-7-11-23(18)29-27-30(17-20-9-4-3-5-10-20)26(33)24(34-27)16-25(32)28-22-14-12-21(13-15-22)19(2)31/h3-15,24H,16-17H2,1-2H3,(H,28,32). The number of amidine groups is 1. The Morgan fingerprint density at radius 1 is 0.971 bits per heavy atom. The number of Topliss-reactive ketones (excluding diaryl/α,β-unsaturated/α-hetero) is 1. The van der Waals surface area contributed by atoms with Gasteiger partial charge in [-0.2, -0.15) is 0 Å². The molecule has 0 bridgehead atoms. The first-order valence-corrected chi connectivity index (χ1v) is 11.9. The van der Waals surface area contributed by atoms with E-state index in [-0.39, 0.29) is 24.0 Å². The summed E-state index contributed by atoms with van der Waals surface area (Å²) in [5.74, 6) is -0.439. The molecule has 3 aromatic carbocycles. The maximum absolute atomic E-state index is 13.3. The maximum atomic E-state index is 13.3. The molecule has 1 aliphatic heterocycles. The van der Waals surface area contributed by atoms with Crippen LogP contribution in [0, 0.1) is 6.92 Å². The number of carbonyl (C=O) groups excluding carboxylic acids is 3. The van der Waals surface area contributed by atoms with Crippen molar-refractivity contribution in [3.8, 4) is 0 Å². The highest BCUT2D eigenvalue weighted by atomic mass is 32.2. The zero-order valence-electron chi connectivity index (χ0n) is 19.0. The van der Waals surface area contributed by atoms with Gasteiger partial charge in [0.2, 0.25) is 11.8 Å². The van der Waals surface area contributed by atoms with Crippen molar-refractivity contribution in [1.82, 2.24) is 4.90 Å². The van der Waals surface area contributed by atoms with Crippen LogP contribution in [0.25, 0.3) is 0 Å². The third kappa shape index (κ3) is 5.61. The van der Waals surface area contributed by atoms with E-state index in [2.05, 4.69) is 5.32 Å². The molecule has 1 aliphatic rings. The molecular weight excluding hydrogens is 446 g/mol. The van der Waals surface area contributed by atoms with Gasteiger partial charge in [-0.3, -0.25) is 19.3 Å². The number of carbonyl (C=O) groups is 3. The van der Waals surface area contributed by atoms with Crippen molar-refractivity contribution in [2.24, 2.45) is 4.99 Å². The fraction of sp³-hybridized carbons (Fsp3) is 0.185. The SMILES string of the molecule is CC(=O)c1ccc(NC(=O)CC2SC(=Nc3ccccc3C)N(Cc3ccccc3)C2=O)cc1. The van der Waals surface area contributed by atoms with Gasteiger partial charge in [0.15, 0.2) is 11.0 Å². The molecule has 1 saturated heterocycles. The van der Waals surface area contributed by atoms with Gasteiger partial charge in [0.25, 0.3) is 0 Å². The van der Waals surface area contributed by atoms with Crippen LogP contribution >= 0.6 is 11.8 Å². The third-order valence-corrected chi connectivity index (χ3v) is 6.66. The molecule has 1 atom stereocenters. The molecule has 0 spiro atoms. The second-order valence-electron chi connectivity index (χ2n) is 8.08. The summed E-state index contributed by atoms with van der Waals surface area (Å²) < 4.78 is 0. The first-order chi connectivity index (χ1) is 16.4. The van der Waals surface area contributed by atoms with Gasteiger partial charge in [-0.25, -0.2) is 4.99 Å². The first kappa shape index (κ1) is 23.4. The summed E-state index contributed by atoms with van der Waals surface area (Å²) in [6.07, 6.45) is 0.0239. The number of hydrogen-bond acceptors (Lipinski definition) is 5. The molecule has 1 N–H and O–H groups in total. The highest BCUT2D eigenvalue weighted by Crippen LogP contribution is 2.33. The molecule has 4 rings (SSSR count). The number of ketones is 1. The zero-order chi connectivity index (χ0) is 24.1. The van der Waals surface area contributed by atoms with Crippen molar-refractivity contribution in [3.05, 3.63) is 95.6 Å². The van der Waals surface area contributed by atoms with Gasteiger partial charge in [-0.1, -0.05) is 60.3 Å². The summed E-state index contributed by atoms with van der Waals surface area (Å²) in [5, 5.41) is 2.84. The number of hydrogen-bond donors (Lipinski definition) is 1.